The van der Waals surface area contributed by atoms with Gasteiger partial charge in [-0.25, -0.2) is 0 Å². The average molecular weight is 210 g/mol. The molecule has 0 atom stereocenters. The van der Waals surface area contributed by atoms with E-state index in [4.69, 9.17) is 21.6 Å². The van der Waals surface area contributed by atoms with Crippen molar-refractivity contribution in [1.82, 2.24) is 0 Å². The molecule has 0 heterocycles. The van der Waals surface area contributed by atoms with Crippen molar-refractivity contribution in [2.24, 2.45) is 0 Å². The van der Waals surface area contributed by atoms with Gasteiger partial charge < -0.3 is 4.74 Å². The van der Waals surface area contributed by atoms with Crippen molar-refractivity contribution in [1.29, 1.82) is 5.26 Å². The molecule has 0 aliphatic heterocycles. The summed E-state index contributed by atoms with van der Waals surface area (Å²) in [6, 6.07) is 7.05. The second kappa shape index (κ2) is 3.89. The number of halogens is 1. The predicted molar refractivity (Wildman–Crippen MR) is 56.5 cm³/mol. The fraction of sp³-hybridized carbons (Fsp3) is 0.364. The molecule has 0 aromatic heterocycles. The van der Waals surface area contributed by atoms with Crippen LogP contribution >= 0.6 is 11.6 Å². The van der Waals surface area contributed by atoms with Crippen LogP contribution < -0.4 is 4.74 Å². The van der Waals surface area contributed by atoms with Gasteiger partial charge in [-0.15, -0.1) is 0 Å². The minimum absolute atomic E-state index is 0.323. The highest BCUT2D eigenvalue weighted by atomic mass is 35.5. The van der Waals surface area contributed by atoms with Crippen LogP contribution in [0.25, 0.3) is 0 Å². The first-order valence-corrected chi connectivity index (χ1v) is 4.69. The molecule has 0 amide bonds. The minimum atomic E-state index is -0.323. The number of ether oxygens (including phenoxy) is 1. The molecule has 0 aliphatic rings. The Morgan fingerprint density at radius 2 is 2.00 bits per heavy atom. The van der Waals surface area contributed by atoms with Gasteiger partial charge in [0, 0.05) is 11.1 Å². The molecule has 0 fully saturated rings. The molecular weight excluding hydrogens is 198 g/mol. The summed E-state index contributed by atoms with van der Waals surface area (Å²) in [5.74, 6) is 0.535. The SMILES string of the molecule is CC(C)(C)Oc1cc(Cl)ccc1C#N. The average Bonchev–Trinajstić information content (AvgIpc) is 2.01. The molecule has 1 rings (SSSR count). The van der Waals surface area contributed by atoms with E-state index >= 15 is 0 Å². The number of rotatable bonds is 1. The van der Waals surface area contributed by atoms with E-state index in [0.717, 1.165) is 0 Å². The molecule has 14 heavy (non-hydrogen) atoms. The van der Waals surface area contributed by atoms with E-state index in [2.05, 4.69) is 6.07 Å². The van der Waals surface area contributed by atoms with Crippen molar-refractivity contribution >= 4 is 11.6 Å². The van der Waals surface area contributed by atoms with Crippen LogP contribution in [0, 0.1) is 11.3 Å². The minimum Gasteiger partial charge on any atom is -0.487 e. The molecule has 1 aromatic rings. The van der Waals surface area contributed by atoms with Gasteiger partial charge in [-0.3, -0.25) is 0 Å². The van der Waals surface area contributed by atoms with Gasteiger partial charge in [-0.05, 0) is 32.9 Å². The second-order valence-corrected chi connectivity index (χ2v) is 4.40. The summed E-state index contributed by atoms with van der Waals surface area (Å²) in [6.07, 6.45) is 0. The normalized spacial score (nSPS) is 10.8. The summed E-state index contributed by atoms with van der Waals surface area (Å²) in [7, 11) is 0. The van der Waals surface area contributed by atoms with E-state index in [9.17, 15) is 0 Å². The molecule has 0 saturated carbocycles. The fourth-order valence-corrected chi connectivity index (χ4v) is 1.16. The number of nitriles is 1. The fourth-order valence-electron chi connectivity index (χ4n) is 1.00. The van der Waals surface area contributed by atoms with Gasteiger partial charge >= 0.3 is 0 Å². The molecule has 2 nitrogen and oxygen atoms in total. The summed E-state index contributed by atoms with van der Waals surface area (Å²) < 4.78 is 5.60. The Morgan fingerprint density at radius 3 is 2.50 bits per heavy atom. The van der Waals surface area contributed by atoms with E-state index in [1.54, 1.807) is 18.2 Å². The first kappa shape index (κ1) is 10.9. The van der Waals surface area contributed by atoms with Gasteiger partial charge in [-0.1, -0.05) is 11.6 Å². The predicted octanol–water partition coefficient (Wildman–Crippen LogP) is 3.39. The quantitative estimate of drug-likeness (QED) is 0.710. The molecule has 0 radical (unpaired) electrons. The van der Waals surface area contributed by atoms with Crippen molar-refractivity contribution in [3.8, 4) is 11.8 Å². The zero-order valence-electron chi connectivity index (χ0n) is 8.47. The van der Waals surface area contributed by atoms with Crippen LogP contribution in [0.4, 0.5) is 0 Å². The lowest BCUT2D eigenvalue weighted by atomic mass is 10.1. The maximum atomic E-state index is 8.83. The number of benzene rings is 1. The molecule has 1 aromatic carbocycles. The Bertz CT molecular complexity index is 374. The third-order valence-electron chi connectivity index (χ3n) is 1.48. The van der Waals surface area contributed by atoms with Gasteiger partial charge in [0.25, 0.3) is 0 Å². The largest absolute Gasteiger partial charge is 0.487 e. The zero-order valence-corrected chi connectivity index (χ0v) is 9.22. The molecular formula is C11H12ClNO. The zero-order chi connectivity index (χ0) is 10.8. The van der Waals surface area contributed by atoms with E-state index < -0.39 is 0 Å². The molecule has 3 heteroatoms. The van der Waals surface area contributed by atoms with Crippen LogP contribution in [0.15, 0.2) is 18.2 Å². The third-order valence-corrected chi connectivity index (χ3v) is 1.72. The second-order valence-electron chi connectivity index (χ2n) is 3.97. The first-order chi connectivity index (χ1) is 6.42. The van der Waals surface area contributed by atoms with Crippen LogP contribution in [0.3, 0.4) is 0 Å². The highest BCUT2D eigenvalue weighted by Crippen LogP contribution is 2.26. The maximum Gasteiger partial charge on any atom is 0.139 e. The van der Waals surface area contributed by atoms with E-state index in [1.165, 1.54) is 0 Å². The van der Waals surface area contributed by atoms with Gasteiger partial charge in [-0.2, -0.15) is 5.26 Å². The van der Waals surface area contributed by atoms with Gasteiger partial charge in [0.2, 0.25) is 0 Å². The van der Waals surface area contributed by atoms with E-state index in [1.807, 2.05) is 20.8 Å². The Balaban J connectivity index is 3.07. The third kappa shape index (κ3) is 2.93. The Hall–Kier alpha value is -1.20. The molecule has 0 bridgehead atoms. The van der Waals surface area contributed by atoms with Crippen molar-refractivity contribution in [2.75, 3.05) is 0 Å². The van der Waals surface area contributed by atoms with Crippen molar-refractivity contribution in [2.45, 2.75) is 26.4 Å². The summed E-state index contributed by atoms with van der Waals surface area (Å²) >= 11 is 5.81. The molecule has 0 N–H and O–H groups in total. The summed E-state index contributed by atoms with van der Waals surface area (Å²) in [5.41, 5.74) is 0.181. The van der Waals surface area contributed by atoms with Crippen LogP contribution in [0.5, 0.6) is 5.75 Å². The molecule has 0 unspecified atom stereocenters. The number of hydrogen-bond donors (Lipinski definition) is 0. The summed E-state index contributed by atoms with van der Waals surface area (Å²) in [4.78, 5) is 0. The smallest absolute Gasteiger partial charge is 0.139 e. The van der Waals surface area contributed by atoms with Crippen molar-refractivity contribution in [3.05, 3.63) is 28.8 Å². The van der Waals surface area contributed by atoms with E-state index in [0.29, 0.717) is 16.3 Å². The standard InChI is InChI=1S/C11H12ClNO/c1-11(2,3)14-10-6-9(12)5-4-8(10)7-13/h4-6H,1-3H3. The Kier molecular flexibility index (Phi) is 3.03. The van der Waals surface area contributed by atoms with Crippen LogP contribution in [0.1, 0.15) is 26.3 Å². The van der Waals surface area contributed by atoms with Crippen LogP contribution in [0.2, 0.25) is 5.02 Å². The molecule has 0 spiro atoms. The molecule has 0 saturated heterocycles. The van der Waals surface area contributed by atoms with Crippen LogP contribution in [-0.4, -0.2) is 5.60 Å². The monoisotopic (exact) mass is 209 g/mol. The summed E-state index contributed by atoms with van der Waals surface area (Å²) in [6.45, 7) is 5.78. The van der Waals surface area contributed by atoms with Gasteiger partial charge in [0.1, 0.15) is 17.4 Å². The summed E-state index contributed by atoms with van der Waals surface area (Å²) in [5, 5.41) is 9.41. The topological polar surface area (TPSA) is 33.0 Å². The number of nitrogens with zero attached hydrogens (tertiary/aromatic N) is 1. The van der Waals surface area contributed by atoms with Crippen molar-refractivity contribution < 1.29 is 4.74 Å². The van der Waals surface area contributed by atoms with Crippen molar-refractivity contribution in [3.63, 3.8) is 0 Å². The number of hydrogen-bond acceptors (Lipinski definition) is 2. The lowest BCUT2D eigenvalue weighted by Gasteiger charge is -2.21. The molecule has 74 valence electrons. The highest BCUT2D eigenvalue weighted by Gasteiger charge is 2.14. The first-order valence-electron chi connectivity index (χ1n) is 4.31. The van der Waals surface area contributed by atoms with E-state index in [-0.39, 0.29) is 5.60 Å². The lowest BCUT2D eigenvalue weighted by Crippen LogP contribution is -2.23. The molecule has 0 aliphatic carbocycles. The van der Waals surface area contributed by atoms with Gasteiger partial charge in [0.15, 0.2) is 0 Å². The Morgan fingerprint density at radius 1 is 1.36 bits per heavy atom. The maximum absolute atomic E-state index is 8.83. The van der Waals surface area contributed by atoms with Crippen LogP contribution in [-0.2, 0) is 0 Å². The Labute approximate surface area is 89.1 Å². The lowest BCUT2D eigenvalue weighted by molar-refractivity contribution is 0.130. The van der Waals surface area contributed by atoms with Gasteiger partial charge in [0.05, 0.1) is 5.56 Å². The highest BCUT2D eigenvalue weighted by molar-refractivity contribution is 6.30.